The average molecular weight is 499 g/mol. The van der Waals surface area contributed by atoms with Crippen molar-refractivity contribution in [3.63, 3.8) is 0 Å². The maximum atomic E-state index is 13.4. The van der Waals surface area contributed by atoms with Crippen LogP contribution >= 0.6 is 0 Å². The van der Waals surface area contributed by atoms with Crippen LogP contribution < -0.4 is 14.4 Å². The molecule has 0 aliphatic carbocycles. The molecule has 1 aliphatic heterocycles. The lowest BCUT2D eigenvalue weighted by Gasteiger charge is -2.33. The summed E-state index contributed by atoms with van der Waals surface area (Å²) in [6.07, 6.45) is 2.51. The molecule has 1 unspecified atom stereocenters. The number of amides is 1. The van der Waals surface area contributed by atoms with Crippen molar-refractivity contribution in [2.75, 3.05) is 11.4 Å². The van der Waals surface area contributed by atoms with Gasteiger partial charge in [0.15, 0.2) is 5.03 Å². The number of aromatic nitrogens is 2. The van der Waals surface area contributed by atoms with Gasteiger partial charge in [-0.15, -0.1) is 0 Å². The lowest BCUT2D eigenvalue weighted by atomic mass is 9.97. The fourth-order valence-electron chi connectivity index (χ4n) is 4.39. The van der Waals surface area contributed by atoms with E-state index in [1.54, 1.807) is 30.5 Å². The molecule has 184 valence electrons. The van der Waals surface area contributed by atoms with Crippen molar-refractivity contribution in [1.82, 2.24) is 14.7 Å². The molecule has 3 heterocycles. The van der Waals surface area contributed by atoms with Crippen LogP contribution in [0.3, 0.4) is 0 Å². The summed E-state index contributed by atoms with van der Waals surface area (Å²) in [4.78, 5) is 23.5. The zero-order valence-electron chi connectivity index (χ0n) is 19.7. The van der Waals surface area contributed by atoms with Crippen LogP contribution in [0.15, 0.2) is 65.8 Å². The van der Waals surface area contributed by atoms with Gasteiger partial charge in [-0.2, -0.15) is 13.4 Å². The Labute approximate surface area is 204 Å². The first kappa shape index (κ1) is 24.6. The number of pyridine rings is 2. The second kappa shape index (κ2) is 9.61. The first-order valence-corrected chi connectivity index (χ1v) is 12.7. The van der Waals surface area contributed by atoms with Gasteiger partial charge in [0.25, 0.3) is 15.9 Å². The van der Waals surface area contributed by atoms with Gasteiger partial charge < -0.3 is 9.64 Å². The molecular weight excluding hydrogens is 471 g/mol. The summed E-state index contributed by atoms with van der Waals surface area (Å²) in [5.41, 5.74) is 0.504. The number of ether oxygens (including phenoxy) is 1. The average Bonchev–Trinajstić information content (AvgIpc) is 3.09. The van der Waals surface area contributed by atoms with Crippen molar-refractivity contribution in [1.29, 1.82) is 0 Å². The van der Waals surface area contributed by atoms with Gasteiger partial charge >= 0.3 is 0 Å². The molecule has 2 aromatic heterocycles. The van der Waals surface area contributed by atoms with E-state index >= 15 is 0 Å². The molecule has 0 spiro atoms. The van der Waals surface area contributed by atoms with E-state index in [4.69, 9.17) is 4.74 Å². The molecule has 1 fully saturated rings. The van der Waals surface area contributed by atoms with E-state index in [9.17, 15) is 17.6 Å². The van der Waals surface area contributed by atoms with Crippen LogP contribution in [0.2, 0.25) is 0 Å². The molecule has 10 heteroatoms. The molecule has 0 radical (unpaired) electrons. The molecule has 35 heavy (non-hydrogen) atoms. The normalized spacial score (nSPS) is 17.3. The third-order valence-corrected chi connectivity index (χ3v) is 7.07. The number of benzene rings is 1. The van der Waals surface area contributed by atoms with Crippen LogP contribution in [-0.2, 0) is 16.6 Å². The number of carbonyl (C=O) groups is 1. The van der Waals surface area contributed by atoms with Crippen molar-refractivity contribution in [3.05, 3.63) is 77.7 Å². The van der Waals surface area contributed by atoms with Crippen molar-refractivity contribution in [3.8, 4) is 5.88 Å². The minimum absolute atomic E-state index is 0.00368. The first-order chi connectivity index (χ1) is 16.5. The summed E-state index contributed by atoms with van der Waals surface area (Å²) in [6, 6.07) is 13.2. The molecule has 1 atom stereocenters. The van der Waals surface area contributed by atoms with E-state index in [2.05, 4.69) is 35.5 Å². The third-order valence-electron chi connectivity index (χ3n) is 5.84. The third kappa shape index (κ3) is 5.59. The highest BCUT2D eigenvalue weighted by atomic mass is 32.2. The Bertz CT molecular complexity index is 1350. The molecule has 1 aliphatic rings. The van der Waals surface area contributed by atoms with Crippen LogP contribution in [-0.4, -0.2) is 36.4 Å². The number of hydrogen-bond donors (Lipinski definition) is 1. The molecule has 0 saturated carbocycles. The molecule has 1 aromatic carbocycles. The molecule has 1 saturated heterocycles. The zero-order valence-corrected chi connectivity index (χ0v) is 20.5. The van der Waals surface area contributed by atoms with E-state index < -0.39 is 21.7 Å². The van der Waals surface area contributed by atoms with Crippen LogP contribution in [0, 0.1) is 11.7 Å². The smallest absolute Gasteiger partial charge is 0.281 e. The van der Waals surface area contributed by atoms with E-state index in [1.807, 2.05) is 4.90 Å². The predicted octanol–water partition coefficient (Wildman–Crippen LogP) is 3.94. The Morgan fingerprint density at radius 2 is 1.97 bits per heavy atom. The number of halogens is 1. The van der Waals surface area contributed by atoms with Crippen molar-refractivity contribution < 1.29 is 22.3 Å². The Hall–Kier alpha value is -3.53. The molecule has 1 amide bonds. The highest BCUT2D eigenvalue weighted by molar-refractivity contribution is 7.90. The number of carbonyl (C=O) groups excluding carboxylic acids is 1. The number of rotatable bonds is 7. The number of nitrogens with one attached hydrogen (secondary N) is 1. The first-order valence-electron chi connectivity index (χ1n) is 11.2. The molecular formula is C25H27FN4O4S. The summed E-state index contributed by atoms with van der Waals surface area (Å²) in [6.45, 7) is 6.99. The largest absolute Gasteiger partial charge is 0.473 e. The Kier molecular flexibility index (Phi) is 6.75. The lowest BCUT2D eigenvalue weighted by molar-refractivity contribution is 0.0981. The second-order valence-electron chi connectivity index (χ2n) is 9.27. The standard InChI is InChI=1S/C25H27FN4O4S/c1-17-14-25(2,3)30(15-17)23-20(9-6-12-27-23)24(31)29-35(32,33)22-11-5-10-21(28-22)34-16-18-7-4-8-19(26)13-18/h4-13,17H,14-16H2,1-3H3,(H,29,31). The van der Waals surface area contributed by atoms with Gasteiger partial charge in [-0.05, 0) is 62.1 Å². The Morgan fingerprint density at radius 3 is 2.69 bits per heavy atom. The Morgan fingerprint density at radius 1 is 1.20 bits per heavy atom. The van der Waals surface area contributed by atoms with E-state index in [1.165, 1.54) is 30.3 Å². The number of nitrogens with zero attached hydrogens (tertiary/aromatic N) is 3. The van der Waals surface area contributed by atoms with Crippen LogP contribution in [0.5, 0.6) is 5.88 Å². The topological polar surface area (TPSA) is 101 Å². The Balaban J connectivity index is 1.52. The molecule has 4 rings (SSSR count). The van der Waals surface area contributed by atoms with Crippen LogP contribution in [0.4, 0.5) is 10.2 Å². The zero-order chi connectivity index (χ0) is 25.2. The van der Waals surface area contributed by atoms with Gasteiger partial charge in [-0.3, -0.25) is 4.79 Å². The van der Waals surface area contributed by atoms with E-state index in [0.717, 1.165) is 6.42 Å². The SMILES string of the molecule is CC1CN(c2ncccc2C(=O)NS(=O)(=O)c2cccc(OCc3cccc(F)c3)n2)C(C)(C)C1. The monoisotopic (exact) mass is 498 g/mol. The van der Waals surface area contributed by atoms with Gasteiger partial charge in [0.1, 0.15) is 18.2 Å². The summed E-state index contributed by atoms with van der Waals surface area (Å²) in [5, 5.41) is -0.372. The number of hydrogen-bond acceptors (Lipinski definition) is 7. The van der Waals surface area contributed by atoms with Gasteiger partial charge in [-0.25, -0.2) is 14.1 Å². The van der Waals surface area contributed by atoms with Crippen molar-refractivity contribution >= 4 is 21.7 Å². The summed E-state index contributed by atoms with van der Waals surface area (Å²) >= 11 is 0. The molecule has 3 aromatic rings. The lowest BCUT2D eigenvalue weighted by Crippen LogP contribution is -2.41. The maximum Gasteiger partial charge on any atom is 0.281 e. The van der Waals surface area contributed by atoms with E-state index in [0.29, 0.717) is 23.8 Å². The van der Waals surface area contributed by atoms with Gasteiger partial charge in [0.05, 0.1) is 5.56 Å². The molecule has 8 nitrogen and oxygen atoms in total. The minimum Gasteiger partial charge on any atom is -0.473 e. The number of anilines is 1. The summed E-state index contributed by atoms with van der Waals surface area (Å²) in [5.74, 6) is -0.323. The minimum atomic E-state index is -4.30. The fraction of sp³-hybridized carbons (Fsp3) is 0.320. The molecule has 1 N–H and O–H groups in total. The van der Waals surface area contributed by atoms with Gasteiger partial charge in [0.2, 0.25) is 5.88 Å². The van der Waals surface area contributed by atoms with Gasteiger partial charge in [0, 0.05) is 24.3 Å². The second-order valence-corrected chi connectivity index (χ2v) is 10.9. The fourth-order valence-corrected chi connectivity index (χ4v) is 5.31. The highest BCUT2D eigenvalue weighted by Crippen LogP contribution is 2.37. The summed E-state index contributed by atoms with van der Waals surface area (Å²) in [7, 11) is -4.30. The van der Waals surface area contributed by atoms with E-state index in [-0.39, 0.29) is 28.6 Å². The molecule has 0 bridgehead atoms. The number of sulfonamides is 1. The van der Waals surface area contributed by atoms with Crippen LogP contribution in [0.25, 0.3) is 0 Å². The van der Waals surface area contributed by atoms with Crippen molar-refractivity contribution in [2.45, 2.75) is 44.4 Å². The van der Waals surface area contributed by atoms with Crippen LogP contribution in [0.1, 0.15) is 43.1 Å². The maximum absolute atomic E-state index is 13.4. The summed E-state index contributed by atoms with van der Waals surface area (Å²) < 4.78 is 46.9. The van der Waals surface area contributed by atoms with Crippen molar-refractivity contribution in [2.24, 2.45) is 5.92 Å². The van der Waals surface area contributed by atoms with Gasteiger partial charge in [-0.1, -0.05) is 25.1 Å². The predicted molar refractivity (Wildman–Crippen MR) is 129 cm³/mol. The quantitative estimate of drug-likeness (QED) is 0.527. The highest BCUT2D eigenvalue weighted by Gasteiger charge is 2.39.